The molecule has 0 bridgehead atoms. The highest BCUT2D eigenvalue weighted by Gasteiger charge is 2.48. The van der Waals surface area contributed by atoms with Gasteiger partial charge in [0.1, 0.15) is 17.4 Å². The Labute approximate surface area is 191 Å². The highest BCUT2D eigenvalue weighted by Crippen LogP contribution is 2.30. The minimum absolute atomic E-state index is 0.251. The lowest BCUT2D eigenvalue weighted by molar-refractivity contribution is -0.0658. The molecule has 0 radical (unpaired) electrons. The summed E-state index contributed by atoms with van der Waals surface area (Å²) in [6.45, 7) is 11.6. The first-order valence-corrected chi connectivity index (χ1v) is 12.4. The minimum atomic E-state index is -0.943. The average Bonchev–Trinajstić information content (AvgIpc) is 2.99. The van der Waals surface area contributed by atoms with Crippen LogP contribution in [0.15, 0.2) is 0 Å². The summed E-state index contributed by atoms with van der Waals surface area (Å²) >= 11 is 0. The van der Waals surface area contributed by atoms with Gasteiger partial charge < -0.3 is 14.6 Å². The van der Waals surface area contributed by atoms with E-state index in [9.17, 15) is 9.90 Å². The summed E-state index contributed by atoms with van der Waals surface area (Å²) in [4.78, 5) is 14.1. The zero-order chi connectivity index (χ0) is 23.3. The van der Waals surface area contributed by atoms with Crippen molar-refractivity contribution in [2.45, 2.75) is 142 Å². The van der Waals surface area contributed by atoms with Crippen LogP contribution >= 0.6 is 0 Å². The molecule has 1 amide bonds. The second-order valence-corrected chi connectivity index (χ2v) is 10.2. The summed E-state index contributed by atoms with van der Waals surface area (Å²) in [7, 11) is 0. The number of amides is 1. The highest BCUT2D eigenvalue weighted by atomic mass is 16.6. The van der Waals surface area contributed by atoms with Gasteiger partial charge in [0.15, 0.2) is 0 Å². The topological polar surface area (TPSA) is 59.0 Å². The van der Waals surface area contributed by atoms with Crippen molar-refractivity contribution in [3.8, 4) is 11.8 Å². The molecule has 0 aromatic carbocycles. The standard InChI is InChI=1S/C26H47NO4/c1-7-8-9-10-11-12-13-14-15-16-17-18-19-20-23(28)22-21-30-26(5,6)27(22)24(29)31-25(2,3)4/h22-23,28H,7-18,21H2,1-6H3/t22-,23?/m0/s1. The van der Waals surface area contributed by atoms with E-state index in [0.717, 1.165) is 12.8 Å². The number of hydrogen-bond donors (Lipinski definition) is 1. The lowest BCUT2D eigenvalue weighted by Gasteiger charge is -2.35. The lowest BCUT2D eigenvalue weighted by Crippen LogP contribution is -2.53. The van der Waals surface area contributed by atoms with E-state index in [4.69, 9.17) is 9.47 Å². The maximum Gasteiger partial charge on any atom is 0.413 e. The van der Waals surface area contributed by atoms with Gasteiger partial charge in [0.2, 0.25) is 0 Å². The molecule has 1 aliphatic heterocycles. The van der Waals surface area contributed by atoms with Crippen LogP contribution in [-0.4, -0.2) is 46.2 Å². The molecule has 0 aromatic rings. The van der Waals surface area contributed by atoms with Gasteiger partial charge in [-0.25, -0.2) is 4.79 Å². The molecule has 0 saturated carbocycles. The van der Waals surface area contributed by atoms with E-state index in [-0.39, 0.29) is 6.61 Å². The molecule has 180 valence electrons. The SMILES string of the molecule is CCCCCCCCCCCCCC#CC(O)[C@@H]1COC(C)(C)N1C(=O)OC(C)(C)C. The molecule has 1 fully saturated rings. The highest BCUT2D eigenvalue weighted by molar-refractivity contribution is 5.70. The summed E-state index contributed by atoms with van der Waals surface area (Å²) in [5.41, 5.74) is -1.43. The predicted molar refractivity (Wildman–Crippen MR) is 127 cm³/mol. The Morgan fingerprint density at radius 2 is 1.58 bits per heavy atom. The van der Waals surface area contributed by atoms with E-state index in [1.807, 2.05) is 34.6 Å². The Morgan fingerprint density at radius 3 is 2.10 bits per heavy atom. The average molecular weight is 438 g/mol. The van der Waals surface area contributed by atoms with E-state index in [0.29, 0.717) is 0 Å². The van der Waals surface area contributed by atoms with Crippen molar-refractivity contribution >= 4 is 6.09 Å². The van der Waals surface area contributed by atoms with Crippen molar-refractivity contribution in [1.82, 2.24) is 4.90 Å². The van der Waals surface area contributed by atoms with Gasteiger partial charge in [-0.1, -0.05) is 77.1 Å². The summed E-state index contributed by atoms with van der Waals surface area (Å²) in [5.74, 6) is 6.02. The normalized spacial score (nSPS) is 19.1. The van der Waals surface area contributed by atoms with E-state index >= 15 is 0 Å². The van der Waals surface area contributed by atoms with Crippen LogP contribution < -0.4 is 0 Å². The van der Waals surface area contributed by atoms with Crippen LogP contribution in [0.5, 0.6) is 0 Å². The summed E-state index contributed by atoms with van der Waals surface area (Å²) in [6, 6.07) is -0.519. The van der Waals surface area contributed by atoms with Crippen molar-refractivity contribution in [3.63, 3.8) is 0 Å². The maximum atomic E-state index is 12.6. The quantitative estimate of drug-likeness (QED) is 0.282. The maximum absolute atomic E-state index is 12.6. The van der Waals surface area contributed by atoms with Gasteiger partial charge in [-0.15, -0.1) is 5.92 Å². The van der Waals surface area contributed by atoms with Gasteiger partial charge >= 0.3 is 6.09 Å². The Hall–Kier alpha value is -1.25. The van der Waals surface area contributed by atoms with E-state index in [2.05, 4.69) is 18.8 Å². The van der Waals surface area contributed by atoms with Gasteiger partial charge in [0.25, 0.3) is 0 Å². The smallest absolute Gasteiger partial charge is 0.413 e. The van der Waals surface area contributed by atoms with Gasteiger partial charge in [0, 0.05) is 6.42 Å². The number of rotatable bonds is 12. The summed E-state index contributed by atoms with van der Waals surface area (Å²) in [6.07, 6.45) is 13.7. The molecule has 0 spiro atoms. The predicted octanol–water partition coefficient (Wildman–Crippen LogP) is 6.42. The molecule has 1 rings (SSSR count). The van der Waals surface area contributed by atoms with Crippen molar-refractivity contribution in [2.24, 2.45) is 0 Å². The fourth-order valence-electron chi connectivity index (χ4n) is 3.88. The fourth-order valence-corrected chi connectivity index (χ4v) is 3.88. The Morgan fingerprint density at radius 1 is 1.06 bits per heavy atom. The van der Waals surface area contributed by atoms with E-state index in [1.165, 1.54) is 69.1 Å². The van der Waals surface area contributed by atoms with Gasteiger partial charge in [-0.2, -0.15) is 0 Å². The second-order valence-electron chi connectivity index (χ2n) is 10.2. The fraction of sp³-hybridized carbons (Fsp3) is 0.885. The van der Waals surface area contributed by atoms with Crippen LogP contribution in [0.2, 0.25) is 0 Å². The number of nitrogens with zero attached hydrogens (tertiary/aromatic N) is 1. The van der Waals surface area contributed by atoms with Crippen LogP contribution in [0.3, 0.4) is 0 Å². The van der Waals surface area contributed by atoms with Crippen molar-refractivity contribution in [3.05, 3.63) is 0 Å². The zero-order valence-corrected chi connectivity index (χ0v) is 21.0. The molecule has 2 atom stereocenters. The van der Waals surface area contributed by atoms with Crippen LogP contribution in [0.1, 0.15) is 119 Å². The van der Waals surface area contributed by atoms with Crippen LogP contribution in [0.4, 0.5) is 4.79 Å². The van der Waals surface area contributed by atoms with Crippen molar-refractivity contribution in [1.29, 1.82) is 0 Å². The molecule has 5 heteroatoms. The second kappa shape index (κ2) is 14.0. The number of aliphatic hydroxyl groups is 1. The monoisotopic (exact) mass is 437 g/mol. The van der Waals surface area contributed by atoms with Gasteiger partial charge in [0.05, 0.1) is 12.6 Å². The first kappa shape index (κ1) is 27.8. The van der Waals surface area contributed by atoms with E-state index in [1.54, 1.807) is 0 Å². The number of carbonyl (C=O) groups is 1. The first-order valence-electron chi connectivity index (χ1n) is 12.4. The van der Waals surface area contributed by atoms with Crippen LogP contribution in [0, 0.1) is 11.8 Å². The Bertz CT molecular complexity index is 570. The molecular weight excluding hydrogens is 390 g/mol. The molecule has 0 aliphatic carbocycles. The number of ether oxygens (including phenoxy) is 2. The number of hydrogen-bond acceptors (Lipinski definition) is 4. The summed E-state index contributed by atoms with van der Waals surface area (Å²) < 4.78 is 11.2. The Balaban J connectivity index is 2.29. The van der Waals surface area contributed by atoms with Gasteiger partial charge in [-0.05, 0) is 41.0 Å². The van der Waals surface area contributed by atoms with E-state index < -0.39 is 29.6 Å². The minimum Gasteiger partial charge on any atom is -0.444 e. The zero-order valence-electron chi connectivity index (χ0n) is 21.0. The number of unbranched alkanes of at least 4 members (excludes halogenated alkanes) is 11. The molecule has 5 nitrogen and oxygen atoms in total. The number of carbonyl (C=O) groups excluding carboxylic acids is 1. The third kappa shape index (κ3) is 11.3. The molecular formula is C26H47NO4. The number of aliphatic hydroxyl groups excluding tert-OH is 1. The van der Waals surface area contributed by atoms with Gasteiger partial charge in [-0.3, -0.25) is 4.90 Å². The molecule has 1 heterocycles. The third-order valence-corrected chi connectivity index (χ3v) is 5.63. The molecule has 0 aromatic heterocycles. The van der Waals surface area contributed by atoms with Crippen molar-refractivity contribution < 1.29 is 19.4 Å². The lowest BCUT2D eigenvalue weighted by atomic mass is 10.1. The molecule has 1 saturated heterocycles. The van der Waals surface area contributed by atoms with Crippen molar-refractivity contribution in [2.75, 3.05) is 6.61 Å². The summed E-state index contributed by atoms with van der Waals surface area (Å²) in [5, 5.41) is 10.6. The molecule has 1 unspecified atom stereocenters. The molecule has 31 heavy (non-hydrogen) atoms. The Kier molecular flexibility index (Phi) is 12.6. The molecule has 1 aliphatic rings. The first-order chi connectivity index (χ1) is 14.6. The molecule has 1 N–H and O–H groups in total. The van der Waals surface area contributed by atoms with Crippen LogP contribution in [0.25, 0.3) is 0 Å². The third-order valence-electron chi connectivity index (χ3n) is 5.63. The largest absolute Gasteiger partial charge is 0.444 e. The van der Waals surface area contributed by atoms with Crippen LogP contribution in [-0.2, 0) is 9.47 Å².